The number of hydrogen-bond acceptors (Lipinski definition) is 4. The minimum Gasteiger partial charge on any atom is -0.491 e. The molecule has 32 heavy (non-hydrogen) atoms. The summed E-state index contributed by atoms with van der Waals surface area (Å²) in [5.41, 5.74) is 1.10. The van der Waals surface area contributed by atoms with Crippen molar-refractivity contribution in [1.82, 2.24) is 9.80 Å². The number of nitrogens with zero attached hydrogens (tertiary/aromatic N) is 2. The zero-order chi connectivity index (χ0) is 23.3. The van der Waals surface area contributed by atoms with Crippen LogP contribution in [0.4, 0.5) is 4.39 Å². The van der Waals surface area contributed by atoms with Gasteiger partial charge in [0.15, 0.2) is 0 Å². The molecule has 5 nitrogen and oxygen atoms in total. The van der Waals surface area contributed by atoms with Crippen molar-refractivity contribution in [3.63, 3.8) is 0 Å². The van der Waals surface area contributed by atoms with E-state index in [1.807, 2.05) is 30.2 Å². The summed E-state index contributed by atoms with van der Waals surface area (Å²) < 4.78 is 19.2. The minimum atomic E-state index is -0.316. The number of ether oxygens (including phenoxy) is 1. The van der Waals surface area contributed by atoms with Crippen LogP contribution in [-0.4, -0.2) is 47.9 Å². The maximum atomic E-state index is 13.4. The third-order valence-corrected chi connectivity index (χ3v) is 6.48. The van der Waals surface area contributed by atoms with Gasteiger partial charge in [0.1, 0.15) is 18.2 Å². The first-order valence-electron chi connectivity index (χ1n) is 11.3. The van der Waals surface area contributed by atoms with Crippen molar-refractivity contribution in [2.24, 2.45) is 11.8 Å². The highest BCUT2D eigenvalue weighted by molar-refractivity contribution is 7.10. The van der Waals surface area contributed by atoms with Gasteiger partial charge in [0, 0.05) is 24.4 Å². The van der Waals surface area contributed by atoms with Gasteiger partial charge in [-0.3, -0.25) is 9.59 Å². The Bertz CT molecular complexity index is 910. The lowest BCUT2D eigenvalue weighted by Crippen LogP contribution is -2.48. The first kappa shape index (κ1) is 24.2. The van der Waals surface area contributed by atoms with Crippen LogP contribution in [0.1, 0.15) is 50.6 Å². The summed E-state index contributed by atoms with van der Waals surface area (Å²) >= 11 is 1.69. The van der Waals surface area contributed by atoms with E-state index >= 15 is 0 Å². The lowest BCUT2D eigenvalue weighted by atomic mass is 10.00. The van der Waals surface area contributed by atoms with Gasteiger partial charge in [-0.1, -0.05) is 27.7 Å². The highest BCUT2D eigenvalue weighted by Crippen LogP contribution is 2.34. The molecule has 0 N–H and O–H groups in total. The molecular formula is C25H33FN2O3S. The molecule has 0 bridgehead atoms. The van der Waals surface area contributed by atoms with Crippen LogP contribution in [0.2, 0.25) is 0 Å². The number of rotatable bonds is 9. The van der Waals surface area contributed by atoms with Crippen LogP contribution in [-0.2, 0) is 16.0 Å². The maximum Gasteiger partial charge on any atom is 0.242 e. The molecule has 2 aromatic rings. The molecule has 1 aliphatic rings. The minimum absolute atomic E-state index is 0.0226. The van der Waals surface area contributed by atoms with Gasteiger partial charge >= 0.3 is 0 Å². The van der Waals surface area contributed by atoms with Crippen LogP contribution in [0, 0.1) is 17.7 Å². The Morgan fingerprint density at radius 3 is 2.53 bits per heavy atom. The Morgan fingerprint density at radius 1 is 1.16 bits per heavy atom. The summed E-state index contributed by atoms with van der Waals surface area (Å²) in [4.78, 5) is 31.0. The number of benzene rings is 1. The standard InChI is InChI=1S/C25H33FN2O3S/c1-17(2)13-24(29)27(14-18(3)4)15-25(30)28-11-9-23-21(10-12-32-23)22(28)16-31-20-7-5-19(26)6-8-20/h5-8,10,12,17-18,22H,9,11,13-16H2,1-4H3/t22-/m1/s1. The average Bonchev–Trinajstić information content (AvgIpc) is 3.20. The molecule has 0 saturated heterocycles. The second kappa shape index (κ2) is 10.9. The summed E-state index contributed by atoms with van der Waals surface area (Å²) in [6, 6.07) is 7.72. The average molecular weight is 461 g/mol. The molecule has 2 heterocycles. The van der Waals surface area contributed by atoms with Crippen molar-refractivity contribution in [2.45, 2.75) is 46.6 Å². The number of amides is 2. The van der Waals surface area contributed by atoms with E-state index in [0.29, 0.717) is 25.3 Å². The van der Waals surface area contributed by atoms with E-state index in [0.717, 1.165) is 12.0 Å². The molecule has 174 valence electrons. The molecule has 1 atom stereocenters. The summed E-state index contributed by atoms with van der Waals surface area (Å²) in [7, 11) is 0. The molecule has 0 spiro atoms. The van der Waals surface area contributed by atoms with Crippen molar-refractivity contribution in [1.29, 1.82) is 0 Å². The highest BCUT2D eigenvalue weighted by atomic mass is 32.1. The van der Waals surface area contributed by atoms with Crippen molar-refractivity contribution < 1.29 is 18.7 Å². The maximum absolute atomic E-state index is 13.4. The number of carbonyl (C=O) groups excluding carboxylic acids is 2. The molecular weight excluding hydrogens is 427 g/mol. The van der Waals surface area contributed by atoms with Crippen LogP contribution >= 0.6 is 11.3 Å². The molecule has 0 aliphatic carbocycles. The number of carbonyl (C=O) groups is 2. The predicted molar refractivity (Wildman–Crippen MR) is 125 cm³/mol. The molecule has 3 rings (SSSR count). The molecule has 0 radical (unpaired) electrons. The van der Waals surface area contributed by atoms with Gasteiger partial charge in [0.25, 0.3) is 0 Å². The quantitative estimate of drug-likeness (QED) is 0.534. The summed E-state index contributed by atoms with van der Waals surface area (Å²) in [6.45, 7) is 9.65. The largest absolute Gasteiger partial charge is 0.491 e. The fourth-order valence-corrected chi connectivity index (χ4v) is 4.94. The van der Waals surface area contributed by atoms with E-state index in [9.17, 15) is 14.0 Å². The van der Waals surface area contributed by atoms with E-state index in [1.165, 1.54) is 17.0 Å². The van der Waals surface area contributed by atoms with Crippen LogP contribution in [0.25, 0.3) is 0 Å². The summed E-state index contributed by atoms with van der Waals surface area (Å²) in [5, 5.41) is 2.04. The van der Waals surface area contributed by atoms with Gasteiger partial charge in [0.2, 0.25) is 11.8 Å². The molecule has 2 amide bonds. The monoisotopic (exact) mass is 460 g/mol. The van der Waals surface area contributed by atoms with E-state index < -0.39 is 0 Å². The number of fused-ring (bicyclic) bond motifs is 1. The van der Waals surface area contributed by atoms with Crippen molar-refractivity contribution in [3.05, 3.63) is 52.0 Å². The van der Waals surface area contributed by atoms with Crippen LogP contribution < -0.4 is 4.74 Å². The Hall–Kier alpha value is -2.41. The van der Waals surface area contributed by atoms with Gasteiger partial charge < -0.3 is 14.5 Å². The van der Waals surface area contributed by atoms with Crippen molar-refractivity contribution in [2.75, 3.05) is 26.2 Å². The first-order chi connectivity index (χ1) is 15.2. The van der Waals surface area contributed by atoms with Gasteiger partial charge in [-0.15, -0.1) is 11.3 Å². The second-order valence-corrected chi connectivity index (χ2v) is 10.2. The SMILES string of the molecule is CC(C)CC(=O)N(CC(=O)N1CCc2sccc2[C@H]1COc1ccc(F)cc1)CC(C)C. The van der Waals surface area contributed by atoms with Crippen LogP contribution in [0.15, 0.2) is 35.7 Å². The van der Waals surface area contributed by atoms with Crippen LogP contribution in [0.5, 0.6) is 5.75 Å². The highest BCUT2D eigenvalue weighted by Gasteiger charge is 2.33. The lowest BCUT2D eigenvalue weighted by molar-refractivity contribution is -0.143. The van der Waals surface area contributed by atoms with Gasteiger partial charge in [-0.05, 0) is 59.5 Å². The topological polar surface area (TPSA) is 49.9 Å². The molecule has 1 aromatic carbocycles. The zero-order valence-electron chi connectivity index (χ0n) is 19.3. The normalized spacial score (nSPS) is 15.7. The zero-order valence-corrected chi connectivity index (χ0v) is 20.2. The van der Waals surface area contributed by atoms with Crippen molar-refractivity contribution in [3.8, 4) is 5.75 Å². The van der Waals surface area contributed by atoms with Gasteiger partial charge in [-0.25, -0.2) is 4.39 Å². The summed E-state index contributed by atoms with van der Waals surface area (Å²) in [5.74, 6) is 0.730. The third kappa shape index (κ3) is 6.31. The van der Waals surface area contributed by atoms with E-state index in [2.05, 4.69) is 13.8 Å². The molecule has 0 saturated carbocycles. The van der Waals surface area contributed by atoms with Crippen molar-refractivity contribution >= 4 is 23.2 Å². The van der Waals surface area contributed by atoms with E-state index in [1.54, 1.807) is 28.4 Å². The summed E-state index contributed by atoms with van der Waals surface area (Å²) in [6.07, 6.45) is 1.24. The Balaban J connectivity index is 1.75. The molecule has 0 fully saturated rings. The Kier molecular flexibility index (Phi) is 8.29. The molecule has 1 aliphatic heterocycles. The lowest BCUT2D eigenvalue weighted by Gasteiger charge is -2.37. The molecule has 1 aromatic heterocycles. The molecule has 0 unspecified atom stereocenters. The Labute approximate surface area is 194 Å². The fourth-order valence-electron chi connectivity index (χ4n) is 4.01. The molecule has 7 heteroatoms. The van der Waals surface area contributed by atoms with E-state index in [4.69, 9.17) is 4.74 Å². The van der Waals surface area contributed by atoms with Crippen LogP contribution in [0.3, 0.4) is 0 Å². The predicted octanol–water partition coefficient (Wildman–Crippen LogP) is 4.92. The third-order valence-electron chi connectivity index (χ3n) is 5.48. The van der Waals surface area contributed by atoms with E-state index in [-0.39, 0.29) is 48.7 Å². The Morgan fingerprint density at radius 2 is 1.88 bits per heavy atom. The van der Waals surface area contributed by atoms with Gasteiger partial charge in [-0.2, -0.15) is 0 Å². The number of hydrogen-bond donors (Lipinski definition) is 0. The fraction of sp³-hybridized carbons (Fsp3) is 0.520. The smallest absolute Gasteiger partial charge is 0.242 e. The van der Waals surface area contributed by atoms with Gasteiger partial charge in [0.05, 0.1) is 12.6 Å². The first-order valence-corrected chi connectivity index (χ1v) is 12.1. The number of thiophene rings is 1. The number of halogens is 1. The second-order valence-electron chi connectivity index (χ2n) is 9.18.